The van der Waals surface area contributed by atoms with Crippen LogP contribution < -0.4 is 0 Å². The van der Waals surface area contributed by atoms with E-state index in [0.29, 0.717) is 0 Å². The molecule has 4 nitrogen and oxygen atoms in total. The molecule has 0 radical (unpaired) electrons. The van der Waals surface area contributed by atoms with Gasteiger partial charge in [0, 0.05) is 29.7 Å². The molecule has 1 aromatic carbocycles. The van der Waals surface area contributed by atoms with Crippen LogP contribution in [0.3, 0.4) is 0 Å². The number of carboxylic acid groups (broad SMARTS) is 1. The molecule has 1 heterocycles. The number of hydrogen-bond acceptors (Lipinski definition) is 2. The normalized spacial score (nSPS) is 19.9. The van der Waals surface area contributed by atoms with Crippen molar-refractivity contribution in [3.05, 3.63) is 34.9 Å². The summed E-state index contributed by atoms with van der Waals surface area (Å²) in [6, 6.07) is 7.92. The maximum Gasteiger partial charge on any atom is 0.408 e. The van der Waals surface area contributed by atoms with Crippen molar-refractivity contribution in [2.75, 3.05) is 13.1 Å². The molecular weight excluding hydrogens is 300 g/mol. The van der Waals surface area contributed by atoms with Gasteiger partial charge < -0.3 is 5.11 Å². The van der Waals surface area contributed by atoms with Crippen LogP contribution >= 0.6 is 11.6 Å². The van der Waals surface area contributed by atoms with Crippen molar-refractivity contribution < 1.29 is 9.90 Å². The summed E-state index contributed by atoms with van der Waals surface area (Å²) in [5, 5.41) is 10.3. The highest BCUT2D eigenvalue weighted by atomic mass is 35.5. The molecule has 22 heavy (non-hydrogen) atoms. The van der Waals surface area contributed by atoms with Gasteiger partial charge in [0.2, 0.25) is 0 Å². The van der Waals surface area contributed by atoms with Gasteiger partial charge >= 0.3 is 6.09 Å². The molecular formula is C17H25ClN2O2. The number of amides is 1. The van der Waals surface area contributed by atoms with E-state index in [1.54, 1.807) is 4.90 Å². The lowest BCUT2D eigenvalue weighted by Gasteiger charge is -2.44. The van der Waals surface area contributed by atoms with Gasteiger partial charge in [-0.15, -0.1) is 0 Å². The van der Waals surface area contributed by atoms with Gasteiger partial charge in [-0.1, -0.05) is 23.7 Å². The Kier molecular flexibility index (Phi) is 5.35. The maximum atomic E-state index is 11.6. The van der Waals surface area contributed by atoms with E-state index >= 15 is 0 Å². The van der Waals surface area contributed by atoms with E-state index in [2.05, 4.69) is 4.90 Å². The van der Waals surface area contributed by atoms with E-state index in [1.165, 1.54) is 5.56 Å². The fourth-order valence-corrected chi connectivity index (χ4v) is 3.35. The van der Waals surface area contributed by atoms with Crippen molar-refractivity contribution in [1.29, 1.82) is 0 Å². The average molecular weight is 325 g/mol. The molecule has 1 N–H and O–H groups in total. The van der Waals surface area contributed by atoms with Gasteiger partial charge in [0.15, 0.2) is 0 Å². The highest BCUT2D eigenvalue weighted by Gasteiger charge is 2.35. The molecule has 1 aromatic rings. The van der Waals surface area contributed by atoms with E-state index in [0.717, 1.165) is 37.5 Å². The van der Waals surface area contributed by atoms with Crippen LogP contribution in [0.2, 0.25) is 5.02 Å². The lowest BCUT2D eigenvalue weighted by molar-refractivity contribution is 0.0347. The third-order valence-electron chi connectivity index (χ3n) is 4.09. The van der Waals surface area contributed by atoms with Crippen molar-refractivity contribution in [2.45, 2.75) is 51.7 Å². The predicted octanol–water partition coefficient (Wildman–Crippen LogP) is 4.08. The summed E-state index contributed by atoms with van der Waals surface area (Å²) >= 11 is 5.92. The number of likely N-dealkylation sites (tertiary alicyclic amines) is 1. The van der Waals surface area contributed by atoms with Gasteiger partial charge in [-0.25, -0.2) is 4.79 Å². The molecule has 1 saturated heterocycles. The predicted molar refractivity (Wildman–Crippen MR) is 89.4 cm³/mol. The van der Waals surface area contributed by atoms with Crippen LogP contribution in [0.1, 0.15) is 39.2 Å². The second-order valence-electron chi connectivity index (χ2n) is 6.98. The Labute approximate surface area is 137 Å². The van der Waals surface area contributed by atoms with Crippen LogP contribution in [0, 0.1) is 0 Å². The van der Waals surface area contributed by atoms with Crippen molar-refractivity contribution >= 4 is 17.7 Å². The second kappa shape index (κ2) is 6.88. The van der Waals surface area contributed by atoms with Gasteiger partial charge in [0.05, 0.1) is 0 Å². The molecule has 1 fully saturated rings. The highest BCUT2D eigenvalue weighted by molar-refractivity contribution is 6.30. The monoisotopic (exact) mass is 324 g/mol. The average Bonchev–Trinajstić information content (AvgIpc) is 2.40. The Morgan fingerprint density at radius 3 is 2.55 bits per heavy atom. The lowest BCUT2D eigenvalue weighted by Crippen LogP contribution is -2.56. The molecule has 0 bridgehead atoms. The quantitative estimate of drug-likeness (QED) is 0.911. The van der Waals surface area contributed by atoms with Gasteiger partial charge in [0.1, 0.15) is 0 Å². The molecule has 1 aliphatic rings. The molecule has 1 aliphatic heterocycles. The van der Waals surface area contributed by atoms with Crippen LogP contribution in [0.5, 0.6) is 0 Å². The molecule has 1 amide bonds. The Hall–Kier alpha value is -1.26. The largest absolute Gasteiger partial charge is 0.465 e. The first kappa shape index (κ1) is 17.1. The number of hydrogen-bond donors (Lipinski definition) is 1. The number of piperidine rings is 1. The molecule has 122 valence electrons. The van der Waals surface area contributed by atoms with Crippen molar-refractivity contribution in [2.24, 2.45) is 0 Å². The zero-order chi connectivity index (χ0) is 16.3. The van der Waals surface area contributed by atoms with Crippen molar-refractivity contribution in [3.8, 4) is 0 Å². The number of carbonyl (C=O) groups is 1. The van der Waals surface area contributed by atoms with E-state index in [1.807, 2.05) is 45.0 Å². The summed E-state index contributed by atoms with van der Waals surface area (Å²) in [6.07, 6.45) is 1.13. The summed E-state index contributed by atoms with van der Waals surface area (Å²) in [7, 11) is 0. The van der Waals surface area contributed by atoms with E-state index in [4.69, 9.17) is 11.6 Å². The molecule has 0 aromatic heterocycles. The minimum Gasteiger partial charge on any atom is -0.465 e. The molecule has 0 saturated carbocycles. The zero-order valence-electron chi connectivity index (χ0n) is 13.6. The number of halogens is 1. The summed E-state index contributed by atoms with van der Waals surface area (Å²) in [6.45, 7) is 8.51. The highest BCUT2D eigenvalue weighted by Crippen LogP contribution is 2.25. The number of benzene rings is 1. The fraction of sp³-hybridized carbons (Fsp3) is 0.588. The maximum absolute atomic E-state index is 11.6. The first-order valence-electron chi connectivity index (χ1n) is 7.76. The SMILES string of the molecule is CC(C)(C)N(C(=O)O)C1CCCN(Cc2ccc(Cl)cc2)C1. The third-order valence-corrected chi connectivity index (χ3v) is 4.35. The van der Waals surface area contributed by atoms with Crippen molar-refractivity contribution in [1.82, 2.24) is 9.80 Å². The minimum absolute atomic E-state index is 0.0542. The van der Waals surface area contributed by atoms with Gasteiger partial charge in [-0.2, -0.15) is 0 Å². The van der Waals surface area contributed by atoms with Crippen molar-refractivity contribution in [3.63, 3.8) is 0 Å². The topological polar surface area (TPSA) is 43.8 Å². The van der Waals surface area contributed by atoms with Gasteiger partial charge in [-0.05, 0) is 57.9 Å². The first-order chi connectivity index (χ1) is 10.3. The summed E-state index contributed by atoms with van der Waals surface area (Å²) in [4.78, 5) is 15.6. The van der Waals surface area contributed by atoms with Crippen LogP contribution in [-0.4, -0.2) is 45.7 Å². The van der Waals surface area contributed by atoms with E-state index in [-0.39, 0.29) is 11.6 Å². The van der Waals surface area contributed by atoms with Crippen LogP contribution in [-0.2, 0) is 6.54 Å². The molecule has 0 spiro atoms. The summed E-state index contributed by atoms with van der Waals surface area (Å²) in [5.74, 6) is 0. The number of rotatable bonds is 3. The zero-order valence-corrected chi connectivity index (χ0v) is 14.3. The third kappa shape index (κ3) is 4.37. The van der Waals surface area contributed by atoms with Crippen LogP contribution in [0.25, 0.3) is 0 Å². The molecule has 0 aliphatic carbocycles. The lowest BCUT2D eigenvalue weighted by atomic mass is 9.97. The fourth-order valence-electron chi connectivity index (χ4n) is 3.22. The molecule has 5 heteroatoms. The Morgan fingerprint density at radius 2 is 2.00 bits per heavy atom. The summed E-state index contributed by atoms with van der Waals surface area (Å²) in [5.41, 5.74) is 0.836. The summed E-state index contributed by atoms with van der Waals surface area (Å²) < 4.78 is 0. The minimum atomic E-state index is -0.828. The molecule has 2 rings (SSSR count). The van der Waals surface area contributed by atoms with E-state index < -0.39 is 6.09 Å². The molecule has 1 unspecified atom stereocenters. The van der Waals surface area contributed by atoms with Gasteiger partial charge in [-0.3, -0.25) is 9.80 Å². The Morgan fingerprint density at radius 1 is 1.36 bits per heavy atom. The smallest absolute Gasteiger partial charge is 0.408 e. The Bertz CT molecular complexity index is 510. The standard InChI is InChI=1S/C17H25ClN2O2/c1-17(2,3)20(16(21)22)15-5-4-10-19(12-15)11-13-6-8-14(18)9-7-13/h6-9,15H,4-5,10-12H2,1-3H3,(H,21,22). The van der Waals surface area contributed by atoms with Crippen LogP contribution in [0.15, 0.2) is 24.3 Å². The Balaban J connectivity index is 2.04. The number of nitrogens with zero attached hydrogens (tertiary/aromatic N) is 2. The first-order valence-corrected chi connectivity index (χ1v) is 8.14. The molecule has 1 atom stereocenters. The van der Waals surface area contributed by atoms with Crippen LogP contribution in [0.4, 0.5) is 4.79 Å². The van der Waals surface area contributed by atoms with E-state index in [9.17, 15) is 9.90 Å². The van der Waals surface area contributed by atoms with Gasteiger partial charge in [0.25, 0.3) is 0 Å². The second-order valence-corrected chi connectivity index (χ2v) is 7.42.